The Hall–Kier alpha value is -11.0. The van der Waals surface area contributed by atoms with Crippen LogP contribution in [0.25, 0.3) is 0 Å². The Morgan fingerprint density at radius 3 is 0.778 bits per heavy atom. The number of unbranched alkanes of at least 4 members (excludes halogenated alkanes) is 21. The number of carbonyl (C=O) groups is 6. The highest BCUT2D eigenvalue weighted by Crippen LogP contribution is 2.33. The molecule has 0 spiro atoms. The number of hydrogen-bond acceptors (Lipinski definition) is 13. The predicted octanol–water partition coefficient (Wildman–Crippen LogP) is 26.4. The van der Waals surface area contributed by atoms with Crippen molar-refractivity contribution in [3.05, 3.63) is 187 Å². The molecule has 6 aromatic carbocycles. The van der Waals surface area contributed by atoms with E-state index in [2.05, 4.69) is 124 Å². The summed E-state index contributed by atoms with van der Waals surface area (Å²) in [5, 5.41) is 19.3. The van der Waals surface area contributed by atoms with Gasteiger partial charge in [0.2, 0.25) is 0 Å². The lowest BCUT2D eigenvalue weighted by Gasteiger charge is -2.22. The Morgan fingerprint density at radius 2 is 0.516 bits per heavy atom. The third-order valence-electron chi connectivity index (χ3n) is 18.9. The Bertz CT molecular complexity index is 5090. The molecule has 0 saturated carbocycles. The minimum absolute atomic E-state index is 0.0826. The first kappa shape index (κ1) is 109. The number of carboxylic acid groups (broad SMARTS) is 2. The van der Waals surface area contributed by atoms with Crippen molar-refractivity contribution in [2.24, 2.45) is 0 Å². The number of carboxylic acids is 2. The van der Waals surface area contributed by atoms with Gasteiger partial charge in [-0.25, -0.2) is 28.8 Å². The molecule has 0 unspecified atom stereocenters. The molecule has 672 valence electrons. The van der Waals surface area contributed by atoms with Gasteiger partial charge in [-0.05, 0) is 258 Å². The van der Waals surface area contributed by atoms with E-state index in [1.165, 1.54) is 134 Å². The fourth-order valence-corrected chi connectivity index (χ4v) is 13.5. The SMILES string of the molecule is C#Cc1cc(OCCCCCCCCCC)c(C#C)cc1C.C#Cc1cc(OCCCCCCCCCC)c(C#Cc2cc(C(=O)O)c(C#CC)cc2C(=O)O)cc1C.C#Cc1cc(OCCCCCCCCCC)c(C#Cc2cc(C(=O)OC(C)(C)C)c(C#CC)cc2C(=O)OC(C)(C)C)cc1C.CC(C)(C)OC(=O)c1cc(Br)c(C(=O)OC(C)(C)C)cc1Br. The summed E-state index contributed by atoms with van der Waals surface area (Å²) in [6.07, 6.45) is 51.8. The Kier molecular flexibility index (Phi) is 48.6. The molecule has 0 radical (unpaired) electrons. The third-order valence-corrected chi connectivity index (χ3v) is 20.2. The van der Waals surface area contributed by atoms with E-state index in [0.29, 0.717) is 79.2 Å². The number of aryl methyl sites for hydroxylation is 3. The number of terminal acetylenes is 4. The first-order valence-electron chi connectivity index (χ1n) is 43.9. The van der Waals surface area contributed by atoms with Crippen LogP contribution in [-0.4, -0.2) is 88.3 Å². The summed E-state index contributed by atoms with van der Waals surface area (Å²) >= 11 is 6.62. The van der Waals surface area contributed by atoms with Gasteiger partial charge >= 0.3 is 35.8 Å². The van der Waals surface area contributed by atoms with E-state index in [0.717, 1.165) is 71.2 Å². The Morgan fingerprint density at radius 1 is 0.294 bits per heavy atom. The number of rotatable bonds is 36. The van der Waals surface area contributed by atoms with Gasteiger partial charge in [-0.2, -0.15) is 0 Å². The second-order valence-corrected chi connectivity index (χ2v) is 36.3. The van der Waals surface area contributed by atoms with Crippen LogP contribution in [0.3, 0.4) is 0 Å². The molecule has 2 N–H and O–H groups in total. The number of hydrogen-bond donors (Lipinski definition) is 2. The van der Waals surface area contributed by atoms with E-state index >= 15 is 0 Å². The molecule has 6 rings (SSSR count). The summed E-state index contributed by atoms with van der Waals surface area (Å²) < 4.78 is 41.0. The highest BCUT2D eigenvalue weighted by Gasteiger charge is 2.29. The van der Waals surface area contributed by atoms with Crippen molar-refractivity contribution in [2.75, 3.05) is 19.8 Å². The van der Waals surface area contributed by atoms with Crippen molar-refractivity contribution < 1.29 is 72.1 Å². The van der Waals surface area contributed by atoms with Gasteiger partial charge in [0, 0.05) is 47.9 Å². The van der Waals surface area contributed by atoms with Crippen molar-refractivity contribution in [2.45, 2.75) is 315 Å². The van der Waals surface area contributed by atoms with Gasteiger partial charge in [0.15, 0.2) is 0 Å². The third kappa shape index (κ3) is 41.0. The van der Waals surface area contributed by atoms with Crippen molar-refractivity contribution in [1.82, 2.24) is 0 Å². The fraction of sp³-hybridized carbons (Fsp3) is 0.468. The number of carbonyl (C=O) groups excluding carboxylic acids is 4. The molecule has 15 nitrogen and oxygen atoms in total. The molecule has 0 fully saturated rings. The molecule has 0 aliphatic carbocycles. The molecule has 0 aliphatic heterocycles. The standard InChI is InChI=1S/C40H50O5.C32H34O5.C21H28O.C16H20Br2O4/c1-11-14-15-16-17-18-19-20-24-43-36-28-30(13-3)29(4)25-33(36)23-22-32-27-34(37(41)44-39(5,6)7)31(21-12-2)26-35(32)38(42)45-40(8,9)10;1-5-8-9-10-11-12-13-14-18-37-30-22-24(7-3)23(4)19-27(30)17-16-26-21-28(31(33)34)25(15-6-2)20-29(26)32(35)36;1-5-8-9-10-11-12-13-14-15-22-21-17-19(6-2)18(4)16-20(21)7-3;1-15(2,3)21-13(19)9-7-12(18)10(8-11(9)17)14(20)22-16(4,5)6/h3,25-28H,11,14-20,24H2,1-2,4-10H3;3,19-22H,5,8-14,18H2,1-2,4H3,(H,33,34)(H,35,36);2-3,16-17H,5,8-15H2,1,4H3;7-8H,1-6H3. The van der Waals surface area contributed by atoms with Crippen LogP contribution in [0.1, 0.15) is 406 Å². The van der Waals surface area contributed by atoms with Crippen LogP contribution in [0, 0.1) is 118 Å². The van der Waals surface area contributed by atoms with Crippen molar-refractivity contribution in [3.63, 3.8) is 0 Å². The van der Waals surface area contributed by atoms with Crippen molar-refractivity contribution in [3.8, 4) is 114 Å². The Balaban J connectivity index is 0.000000454. The average molecular weight is 1840 g/mol. The first-order chi connectivity index (χ1) is 59.5. The number of aromatic carboxylic acids is 2. The van der Waals surface area contributed by atoms with Gasteiger partial charge in [-0.3, -0.25) is 0 Å². The van der Waals surface area contributed by atoms with Gasteiger partial charge in [0.1, 0.15) is 39.7 Å². The van der Waals surface area contributed by atoms with E-state index in [4.69, 9.17) is 58.9 Å². The zero-order chi connectivity index (χ0) is 94.3. The molecular formula is C109H132Br2O15. The normalized spacial score (nSPS) is 10.7. The number of halogens is 2. The Labute approximate surface area is 770 Å². The summed E-state index contributed by atoms with van der Waals surface area (Å²) in [6.45, 7) is 39.0. The second kappa shape index (κ2) is 56.1. The number of ether oxygens (including phenoxy) is 7. The summed E-state index contributed by atoms with van der Waals surface area (Å²) in [4.78, 5) is 74.5. The summed E-state index contributed by atoms with van der Waals surface area (Å²) in [6, 6.07) is 19.8. The van der Waals surface area contributed by atoms with E-state index in [9.17, 15) is 39.0 Å². The van der Waals surface area contributed by atoms with Gasteiger partial charge in [0.05, 0.1) is 69.9 Å². The minimum atomic E-state index is -1.22. The van der Waals surface area contributed by atoms with E-state index in [1.807, 2.05) is 45.0 Å². The van der Waals surface area contributed by atoms with Crippen LogP contribution in [0.2, 0.25) is 0 Å². The molecule has 0 saturated heterocycles. The maximum Gasteiger partial charge on any atom is 0.339 e. The van der Waals surface area contributed by atoms with Crippen LogP contribution in [0.5, 0.6) is 17.2 Å². The molecule has 0 bridgehead atoms. The number of benzene rings is 6. The summed E-state index contributed by atoms with van der Waals surface area (Å²) in [7, 11) is 0. The molecule has 17 heteroatoms. The van der Waals surface area contributed by atoms with E-state index in [1.54, 1.807) is 133 Å². The predicted molar refractivity (Wildman–Crippen MR) is 516 cm³/mol. The molecule has 0 amide bonds. The zero-order valence-corrected chi connectivity index (χ0v) is 81.5. The lowest BCUT2D eigenvalue weighted by Crippen LogP contribution is -2.26. The second-order valence-electron chi connectivity index (χ2n) is 34.6. The summed E-state index contributed by atoms with van der Waals surface area (Å²) in [5.41, 5.74) is 6.15. The molecule has 0 atom stereocenters. The fourth-order valence-electron chi connectivity index (χ4n) is 12.5. The van der Waals surface area contributed by atoms with Crippen LogP contribution in [-0.2, 0) is 18.9 Å². The smallest absolute Gasteiger partial charge is 0.339 e. The topological polar surface area (TPSA) is 207 Å². The van der Waals surface area contributed by atoms with Gasteiger partial charge in [-0.1, -0.05) is 215 Å². The first-order valence-corrected chi connectivity index (χ1v) is 45.5. The van der Waals surface area contributed by atoms with Crippen LogP contribution in [0.15, 0.2) is 81.7 Å². The maximum absolute atomic E-state index is 13.4. The highest BCUT2D eigenvalue weighted by molar-refractivity contribution is 9.11. The summed E-state index contributed by atoms with van der Waals surface area (Å²) in [5.74, 6) is 31.3. The maximum atomic E-state index is 13.4. The average Bonchev–Trinajstić information content (AvgIpc) is 0.801. The lowest BCUT2D eigenvalue weighted by molar-refractivity contribution is 0.00501. The molecule has 6 aromatic rings. The van der Waals surface area contributed by atoms with Crippen LogP contribution in [0.4, 0.5) is 0 Å². The lowest BCUT2D eigenvalue weighted by atomic mass is 9.97. The molecule has 126 heavy (non-hydrogen) atoms. The highest BCUT2D eigenvalue weighted by atomic mass is 79.9. The van der Waals surface area contributed by atoms with Gasteiger partial charge in [0.25, 0.3) is 0 Å². The zero-order valence-electron chi connectivity index (χ0n) is 78.3. The quantitative estimate of drug-likeness (QED) is 0.0162. The van der Waals surface area contributed by atoms with Crippen LogP contribution < -0.4 is 14.2 Å². The van der Waals surface area contributed by atoms with E-state index < -0.39 is 58.2 Å². The van der Waals surface area contributed by atoms with Crippen molar-refractivity contribution in [1.29, 1.82) is 0 Å². The van der Waals surface area contributed by atoms with E-state index in [-0.39, 0.29) is 33.4 Å². The minimum Gasteiger partial charge on any atom is -0.492 e. The largest absolute Gasteiger partial charge is 0.492 e. The van der Waals surface area contributed by atoms with Gasteiger partial charge < -0.3 is 43.4 Å². The molecule has 0 heterocycles. The van der Waals surface area contributed by atoms with Crippen molar-refractivity contribution >= 4 is 67.7 Å². The molecule has 0 aliphatic rings. The van der Waals surface area contributed by atoms with Crippen LogP contribution >= 0.6 is 31.9 Å². The number of esters is 4. The molecular weight excluding hydrogens is 1710 g/mol. The molecule has 0 aromatic heterocycles. The van der Waals surface area contributed by atoms with Gasteiger partial charge in [-0.15, -0.1) is 37.5 Å². The monoisotopic (exact) mass is 1840 g/mol.